The molecular formula is C15H14N4OS. The molecule has 0 atom stereocenters. The fourth-order valence-corrected chi connectivity index (χ4v) is 2.88. The van der Waals surface area contributed by atoms with Crippen molar-refractivity contribution in [3.63, 3.8) is 0 Å². The number of hydrogen-bond acceptors (Lipinski definition) is 6. The Morgan fingerprint density at radius 2 is 2.00 bits per heavy atom. The molecule has 2 N–H and O–H groups in total. The molecule has 2 aromatic heterocycles. The van der Waals surface area contributed by atoms with Crippen molar-refractivity contribution in [3.05, 3.63) is 42.9 Å². The van der Waals surface area contributed by atoms with Gasteiger partial charge in [-0.05, 0) is 19.1 Å². The SMILES string of the molecule is CCOc1ncnc(Sc2cccc3cccnc23)c1N. The van der Waals surface area contributed by atoms with Gasteiger partial charge < -0.3 is 10.5 Å². The number of para-hydroxylation sites is 1. The second-order valence-corrected chi connectivity index (χ2v) is 5.29. The average molecular weight is 298 g/mol. The smallest absolute Gasteiger partial charge is 0.241 e. The number of nitrogen functional groups attached to an aromatic ring is 1. The normalized spacial score (nSPS) is 10.7. The van der Waals surface area contributed by atoms with Crippen molar-refractivity contribution in [1.82, 2.24) is 15.0 Å². The lowest BCUT2D eigenvalue weighted by Gasteiger charge is -2.09. The Kier molecular flexibility index (Phi) is 3.87. The van der Waals surface area contributed by atoms with Gasteiger partial charge >= 0.3 is 0 Å². The molecule has 0 amide bonds. The van der Waals surface area contributed by atoms with Crippen molar-refractivity contribution in [2.45, 2.75) is 16.8 Å². The van der Waals surface area contributed by atoms with E-state index >= 15 is 0 Å². The minimum absolute atomic E-state index is 0.420. The van der Waals surface area contributed by atoms with Crippen LogP contribution in [0.5, 0.6) is 5.88 Å². The molecule has 0 bridgehead atoms. The number of ether oxygens (including phenoxy) is 1. The Bertz CT molecular complexity index is 773. The van der Waals surface area contributed by atoms with Crippen LogP contribution >= 0.6 is 11.8 Å². The van der Waals surface area contributed by atoms with E-state index in [1.165, 1.54) is 18.1 Å². The first kappa shape index (κ1) is 13.6. The van der Waals surface area contributed by atoms with Crippen LogP contribution in [-0.4, -0.2) is 21.6 Å². The van der Waals surface area contributed by atoms with Gasteiger partial charge in [-0.15, -0.1) is 0 Å². The first-order valence-electron chi connectivity index (χ1n) is 6.54. The Hall–Kier alpha value is -2.34. The fraction of sp³-hybridized carbons (Fsp3) is 0.133. The molecule has 0 aliphatic rings. The standard InChI is InChI=1S/C15H14N4OS/c1-2-20-14-12(16)15(19-9-18-14)21-11-7-3-5-10-6-4-8-17-13(10)11/h3-9H,2,16H2,1H3. The Balaban J connectivity index is 2.01. The van der Waals surface area contributed by atoms with Crippen LogP contribution in [0.1, 0.15) is 6.92 Å². The van der Waals surface area contributed by atoms with Crippen molar-refractivity contribution >= 4 is 28.4 Å². The van der Waals surface area contributed by atoms with Gasteiger partial charge in [0.25, 0.3) is 0 Å². The summed E-state index contributed by atoms with van der Waals surface area (Å²) >= 11 is 1.47. The van der Waals surface area contributed by atoms with Gasteiger partial charge in [-0.3, -0.25) is 4.98 Å². The predicted octanol–water partition coefficient (Wildman–Crippen LogP) is 3.16. The highest BCUT2D eigenvalue weighted by Crippen LogP contribution is 2.36. The molecule has 2 heterocycles. The molecule has 0 saturated heterocycles. The first-order chi connectivity index (χ1) is 10.3. The Morgan fingerprint density at radius 1 is 1.14 bits per heavy atom. The third kappa shape index (κ3) is 2.75. The molecule has 21 heavy (non-hydrogen) atoms. The molecule has 1 aromatic carbocycles. The zero-order valence-corrected chi connectivity index (χ0v) is 12.3. The van der Waals surface area contributed by atoms with Crippen LogP contribution in [-0.2, 0) is 0 Å². The molecule has 0 aliphatic heterocycles. The number of benzene rings is 1. The zero-order chi connectivity index (χ0) is 14.7. The molecule has 106 valence electrons. The predicted molar refractivity (Wildman–Crippen MR) is 83.5 cm³/mol. The first-order valence-corrected chi connectivity index (χ1v) is 7.36. The van der Waals surface area contributed by atoms with Gasteiger partial charge in [-0.1, -0.05) is 30.0 Å². The van der Waals surface area contributed by atoms with E-state index < -0.39 is 0 Å². The van der Waals surface area contributed by atoms with E-state index in [-0.39, 0.29) is 0 Å². The van der Waals surface area contributed by atoms with Crippen molar-refractivity contribution < 1.29 is 4.74 Å². The number of nitrogens with two attached hydrogens (primary N) is 1. The van der Waals surface area contributed by atoms with Gasteiger partial charge in [0, 0.05) is 16.5 Å². The number of nitrogens with zero attached hydrogens (tertiary/aromatic N) is 3. The van der Waals surface area contributed by atoms with Crippen molar-refractivity contribution in [2.75, 3.05) is 12.3 Å². The van der Waals surface area contributed by atoms with Crippen LogP contribution in [0.15, 0.2) is 52.8 Å². The van der Waals surface area contributed by atoms with Crippen LogP contribution in [0, 0.1) is 0 Å². The van der Waals surface area contributed by atoms with Crippen molar-refractivity contribution in [3.8, 4) is 5.88 Å². The Morgan fingerprint density at radius 3 is 2.86 bits per heavy atom. The summed E-state index contributed by atoms with van der Waals surface area (Å²) in [5, 5.41) is 1.76. The maximum Gasteiger partial charge on any atom is 0.241 e. The molecule has 0 saturated carbocycles. The molecular weight excluding hydrogens is 284 g/mol. The van der Waals surface area contributed by atoms with E-state index in [0.717, 1.165) is 15.8 Å². The largest absolute Gasteiger partial charge is 0.476 e. The number of aromatic nitrogens is 3. The Labute approximate surface area is 126 Å². The minimum Gasteiger partial charge on any atom is -0.476 e. The molecule has 0 unspecified atom stereocenters. The molecule has 0 aliphatic carbocycles. The highest BCUT2D eigenvalue weighted by Gasteiger charge is 2.12. The van der Waals surface area contributed by atoms with E-state index in [0.29, 0.717) is 23.2 Å². The van der Waals surface area contributed by atoms with Gasteiger partial charge in [0.2, 0.25) is 5.88 Å². The van der Waals surface area contributed by atoms with E-state index in [1.807, 2.05) is 37.3 Å². The minimum atomic E-state index is 0.420. The van der Waals surface area contributed by atoms with Gasteiger partial charge in [0.05, 0.1) is 12.1 Å². The maximum absolute atomic E-state index is 6.07. The third-order valence-corrected chi connectivity index (χ3v) is 3.96. The molecule has 3 aromatic rings. The van der Waals surface area contributed by atoms with E-state index in [2.05, 4.69) is 15.0 Å². The topological polar surface area (TPSA) is 73.9 Å². The van der Waals surface area contributed by atoms with Crippen molar-refractivity contribution in [1.29, 1.82) is 0 Å². The number of rotatable bonds is 4. The van der Waals surface area contributed by atoms with Gasteiger partial charge in [-0.25, -0.2) is 4.98 Å². The summed E-state index contributed by atoms with van der Waals surface area (Å²) in [5.74, 6) is 0.420. The highest BCUT2D eigenvalue weighted by atomic mass is 32.2. The van der Waals surface area contributed by atoms with Gasteiger partial charge in [0.15, 0.2) is 0 Å². The third-order valence-electron chi connectivity index (χ3n) is 2.89. The average Bonchev–Trinajstić information content (AvgIpc) is 2.52. The summed E-state index contributed by atoms with van der Waals surface area (Å²) in [5.41, 5.74) is 7.46. The van der Waals surface area contributed by atoms with Crippen LogP contribution in [0.2, 0.25) is 0 Å². The lowest BCUT2D eigenvalue weighted by atomic mass is 10.2. The summed E-state index contributed by atoms with van der Waals surface area (Å²) in [6.07, 6.45) is 3.24. The van der Waals surface area contributed by atoms with Crippen molar-refractivity contribution in [2.24, 2.45) is 0 Å². The summed E-state index contributed by atoms with van der Waals surface area (Å²) < 4.78 is 5.40. The van der Waals surface area contributed by atoms with Crippen LogP contribution in [0.4, 0.5) is 5.69 Å². The lowest BCUT2D eigenvalue weighted by Crippen LogP contribution is -2.02. The lowest BCUT2D eigenvalue weighted by molar-refractivity contribution is 0.327. The quantitative estimate of drug-likeness (QED) is 0.746. The summed E-state index contributed by atoms with van der Waals surface area (Å²) in [4.78, 5) is 13.7. The maximum atomic E-state index is 6.07. The number of hydrogen-bond donors (Lipinski definition) is 1. The fourth-order valence-electron chi connectivity index (χ4n) is 1.96. The van der Waals surface area contributed by atoms with Crippen LogP contribution < -0.4 is 10.5 Å². The summed E-state index contributed by atoms with van der Waals surface area (Å²) in [6.45, 7) is 2.41. The number of pyridine rings is 1. The van der Waals surface area contributed by atoms with E-state index in [4.69, 9.17) is 10.5 Å². The summed E-state index contributed by atoms with van der Waals surface area (Å²) in [7, 11) is 0. The molecule has 0 fully saturated rings. The van der Waals surface area contributed by atoms with Gasteiger partial charge in [-0.2, -0.15) is 4.98 Å². The van der Waals surface area contributed by atoms with E-state index in [9.17, 15) is 0 Å². The molecule has 0 spiro atoms. The summed E-state index contributed by atoms with van der Waals surface area (Å²) in [6, 6.07) is 9.97. The number of anilines is 1. The van der Waals surface area contributed by atoms with Gasteiger partial charge in [0.1, 0.15) is 17.0 Å². The molecule has 5 nitrogen and oxygen atoms in total. The molecule has 0 radical (unpaired) electrons. The monoisotopic (exact) mass is 298 g/mol. The molecule has 3 rings (SSSR count). The second kappa shape index (κ2) is 5.97. The zero-order valence-electron chi connectivity index (χ0n) is 11.5. The van der Waals surface area contributed by atoms with Crippen LogP contribution in [0.25, 0.3) is 10.9 Å². The molecule has 6 heteroatoms. The van der Waals surface area contributed by atoms with Crippen LogP contribution in [0.3, 0.4) is 0 Å². The van der Waals surface area contributed by atoms with E-state index in [1.54, 1.807) is 6.20 Å². The number of fused-ring (bicyclic) bond motifs is 1. The second-order valence-electron chi connectivity index (χ2n) is 4.26. The highest BCUT2D eigenvalue weighted by molar-refractivity contribution is 7.99.